The molecule has 5 nitrogen and oxygen atoms in total. The average Bonchev–Trinajstić information content (AvgIpc) is 3.05. The molecule has 0 N–H and O–H groups in total. The third-order valence-corrected chi connectivity index (χ3v) is 6.45. The van der Waals surface area contributed by atoms with E-state index in [9.17, 15) is 9.59 Å². The quantitative estimate of drug-likeness (QED) is 0.430. The Morgan fingerprint density at radius 2 is 1.10 bits per heavy atom. The Hall–Kier alpha value is -2.50. The maximum absolute atomic E-state index is 12.4. The first-order valence-electron chi connectivity index (χ1n) is 11.7. The third-order valence-electron chi connectivity index (χ3n) is 6.45. The number of piperazine rings is 1. The smallest absolute Gasteiger partial charge is 0.261 e. The summed E-state index contributed by atoms with van der Waals surface area (Å²) >= 11 is 0. The molecule has 0 atom stereocenters. The summed E-state index contributed by atoms with van der Waals surface area (Å²) < 4.78 is 0. The highest BCUT2D eigenvalue weighted by Crippen LogP contribution is 2.23. The molecule has 2 aromatic rings. The van der Waals surface area contributed by atoms with Crippen LogP contribution in [0.2, 0.25) is 0 Å². The molecule has 1 fully saturated rings. The Kier molecular flexibility index (Phi) is 7.49. The SMILES string of the molecule is O=C1c2ccccc2C(=O)N1CCCCCCCN1CCN(Cc2ccccc2)CC1. The number of carbonyl (C=O) groups excluding carboxylic acids is 2. The van der Waals surface area contributed by atoms with Crippen molar-refractivity contribution >= 4 is 11.8 Å². The van der Waals surface area contributed by atoms with Crippen molar-refractivity contribution in [3.05, 3.63) is 71.3 Å². The van der Waals surface area contributed by atoms with E-state index in [1.807, 2.05) is 12.1 Å². The minimum absolute atomic E-state index is 0.132. The second-order valence-electron chi connectivity index (χ2n) is 8.68. The van der Waals surface area contributed by atoms with E-state index in [1.54, 1.807) is 12.1 Å². The second-order valence-corrected chi connectivity index (χ2v) is 8.68. The number of imide groups is 1. The Labute approximate surface area is 185 Å². The highest BCUT2D eigenvalue weighted by Gasteiger charge is 2.34. The van der Waals surface area contributed by atoms with Gasteiger partial charge in [-0.05, 0) is 37.1 Å². The molecule has 2 aliphatic heterocycles. The number of carbonyl (C=O) groups is 2. The molecule has 0 unspecified atom stereocenters. The van der Waals surface area contributed by atoms with Gasteiger partial charge in [-0.15, -0.1) is 0 Å². The first kappa shape index (κ1) is 21.7. The van der Waals surface area contributed by atoms with Gasteiger partial charge in [-0.25, -0.2) is 0 Å². The molecule has 0 aromatic heterocycles. The van der Waals surface area contributed by atoms with E-state index < -0.39 is 0 Å². The molecule has 2 aliphatic rings. The van der Waals surface area contributed by atoms with Crippen LogP contribution < -0.4 is 0 Å². The van der Waals surface area contributed by atoms with Crippen LogP contribution in [0.15, 0.2) is 54.6 Å². The monoisotopic (exact) mass is 419 g/mol. The fraction of sp³-hybridized carbons (Fsp3) is 0.462. The van der Waals surface area contributed by atoms with Crippen LogP contribution >= 0.6 is 0 Å². The summed E-state index contributed by atoms with van der Waals surface area (Å²) in [6.45, 7) is 7.39. The molecule has 2 amide bonds. The minimum atomic E-state index is -0.132. The van der Waals surface area contributed by atoms with Crippen LogP contribution in [0.25, 0.3) is 0 Å². The zero-order chi connectivity index (χ0) is 21.5. The van der Waals surface area contributed by atoms with Gasteiger partial charge in [0.2, 0.25) is 0 Å². The minimum Gasteiger partial charge on any atom is -0.301 e. The van der Waals surface area contributed by atoms with Gasteiger partial charge >= 0.3 is 0 Å². The lowest BCUT2D eigenvalue weighted by atomic mass is 10.1. The van der Waals surface area contributed by atoms with Gasteiger partial charge in [0.05, 0.1) is 11.1 Å². The van der Waals surface area contributed by atoms with E-state index in [0.29, 0.717) is 17.7 Å². The van der Waals surface area contributed by atoms with Gasteiger partial charge < -0.3 is 4.90 Å². The summed E-state index contributed by atoms with van der Waals surface area (Å²) in [4.78, 5) is 31.3. The van der Waals surface area contributed by atoms with Gasteiger partial charge in [-0.1, -0.05) is 61.7 Å². The number of unbranched alkanes of at least 4 members (excludes halogenated alkanes) is 4. The van der Waals surface area contributed by atoms with Crippen molar-refractivity contribution in [2.45, 2.75) is 38.6 Å². The van der Waals surface area contributed by atoms with Crippen molar-refractivity contribution in [3.63, 3.8) is 0 Å². The number of rotatable bonds is 10. The highest BCUT2D eigenvalue weighted by molar-refractivity contribution is 6.21. The van der Waals surface area contributed by atoms with E-state index in [2.05, 4.69) is 40.1 Å². The molecule has 1 saturated heterocycles. The molecule has 164 valence electrons. The van der Waals surface area contributed by atoms with E-state index in [-0.39, 0.29) is 11.8 Å². The predicted octanol–water partition coefficient (Wildman–Crippen LogP) is 4.05. The molecule has 2 aromatic carbocycles. The molecular weight excluding hydrogens is 386 g/mol. The van der Waals surface area contributed by atoms with E-state index in [0.717, 1.165) is 52.0 Å². The number of hydrogen-bond acceptors (Lipinski definition) is 4. The molecule has 2 heterocycles. The maximum Gasteiger partial charge on any atom is 0.261 e. The topological polar surface area (TPSA) is 43.9 Å². The van der Waals surface area contributed by atoms with Gasteiger partial charge in [0, 0.05) is 39.3 Å². The maximum atomic E-state index is 12.4. The first-order chi connectivity index (χ1) is 15.2. The van der Waals surface area contributed by atoms with Crippen molar-refractivity contribution in [2.24, 2.45) is 0 Å². The van der Waals surface area contributed by atoms with Crippen LogP contribution in [-0.4, -0.2) is 65.8 Å². The first-order valence-corrected chi connectivity index (χ1v) is 11.7. The molecule has 5 heteroatoms. The molecule has 0 bridgehead atoms. The summed E-state index contributed by atoms with van der Waals surface area (Å²) in [5, 5.41) is 0. The van der Waals surface area contributed by atoms with E-state index in [4.69, 9.17) is 0 Å². The Balaban J connectivity index is 1.05. The molecule has 0 radical (unpaired) electrons. The standard InChI is InChI=1S/C26H33N3O2/c30-25-23-13-7-8-14-24(23)26(31)29(25)16-10-3-1-2-9-15-27-17-19-28(20-18-27)21-22-11-5-4-6-12-22/h4-8,11-14H,1-3,9-10,15-21H2. The van der Waals surface area contributed by atoms with Crippen LogP contribution in [0.4, 0.5) is 0 Å². The van der Waals surface area contributed by atoms with Crippen molar-refractivity contribution in [2.75, 3.05) is 39.3 Å². The van der Waals surface area contributed by atoms with Gasteiger partial charge in [-0.2, -0.15) is 0 Å². The number of amides is 2. The fourth-order valence-electron chi connectivity index (χ4n) is 4.59. The lowest BCUT2D eigenvalue weighted by Crippen LogP contribution is -2.46. The summed E-state index contributed by atoms with van der Waals surface area (Å²) in [6.07, 6.45) is 5.57. The zero-order valence-electron chi connectivity index (χ0n) is 18.3. The lowest BCUT2D eigenvalue weighted by Gasteiger charge is -2.34. The number of fused-ring (bicyclic) bond motifs is 1. The molecule has 31 heavy (non-hydrogen) atoms. The van der Waals surface area contributed by atoms with Crippen molar-refractivity contribution < 1.29 is 9.59 Å². The van der Waals surface area contributed by atoms with Crippen LogP contribution in [0.1, 0.15) is 58.4 Å². The molecule has 0 saturated carbocycles. The largest absolute Gasteiger partial charge is 0.301 e. The zero-order valence-corrected chi connectivity index (χ0v) is 18.3. The Morgan fingerprint density at radius 1 is 0.581 bits per heavy atom. The average molecular weight is 420 g/mol. The Bertz CT molecular complexity index is 840. The van der Waals surface area contributed by atoms with Crippen molar-refractivity contribution in [1.29, 1.82) is 0 Å². The summed E-state index contributed by atoms with van der Waals surface area (Å²) in [5.74, 6) is -0.265. The Morgan fingerprint density at radius 3 is 1.74 bits per heavy atom. The van der Waals surface area contributed by atoms with Crippen LogP contribution in [-0.2, 0) is 6.54 Å². The molecule has 0 spiro atoms. The van der Waals surface area contributed by atoms with Gasteiger partial charge in [-0.3, -0.25) is 19.4 Å². The molecule has 4 rings (SSSR count). The normalized spacial score (nSPS) is 17.4. The number of benzene rings is 2. The van der Waals surface area contributed by atoms with Gasteiger partial charge in [0.1, 0.15) is 0 Å². The second kappa shape index (κ2) is 10.7. The highest BCUT2D eigenvalue weighted by atomic mass is 16.2. The molecular formula is C26H33N3O2. The fourth-order valence-corrected chi connectivity index (χ4v) is 4.59. The molecule has 0 aliphatic carbocycles. The lowest BCUT2D eigenvalue weighted by molar-refractivity contribution is 0.0651. The van der Waals surface area contributed by atoms with E-state index in [1.165, 1.54) is 29.8 Å². The van der Waals surface area contributed by atoms with Crippen molar-refractivity contribution in [1.82, 2.24) is 14.7 Å². The van der Waals surface area contributed by atoms with Crippen LogP contribution in [0.3, 0.4) is 0 Å². The van der Waals surface area contributed by atoms with Crippen molar-refractivity contribution in [3.8, 4) is 0 Å². The van der Waals surface area contributed by atoms with Crippen LogP contribution in [0.5, 0.6) is 0 Å². The van der Waals surface area contributed by atoms with Crippen LogP contribution in [0, 0.1) is 0 Å². The summed E-state index contributed by atoms with van der Waals surface area (Å²) in [6, 6.07) is 17.9. The number of hydrogen-bond donors (Lipinski definition) is 0. The third kappa shape index (κ3) is 5.60. The summed E-state index contributed by atoms with van der Waals surface area (Å²) in [5.41, 5.74) is 2.50. The summed E-state index contributed by atoms with van der Waals surface area (Å²) in [7, 11) is 0. The predicted molar refractivity (Wildman–Crippen MR) is 123 cm³/mol. The number of nitrogens with zero attached hydrogens (tertiary/aromatic N) is 3. The van der Waals surface area contributed by atoms with Gasteiger partial charge in [0.15, 0.2) is 0 Å². The van der Waals surface area contributed by atoms with Gasteiger partial charge in [0.25, 0.3) is 11.8 Å². The van der Waals surface area contributed by atoms with E-state index >= 15 is 0 Å².